The highest BCUT2D eigenvalue weighted by Crippen LogP contribution is 2.22. The van der Waals surface area contributed by atoms with Gasteiger partial charge in [-0.25, -0.2) is 0 Å². The summed E-state index contributed by atoms with van der Waals surface area (Å²) in [6.07, 6.45) is 8.39. The molecule has 8 heteroatoms. The van der Waals surface area contributed by atoms with E-state index in [1.165, 1.54) is 0 Å². The van der Waals surface area contributed by atoms with Crippen LogP contribution in [0.3, 0.4) is 0 Å². The first kappa shape index (κ1) is 23.3. The van der Waals surface area contributed by atoms with E-state index in [4.69, 9.17) is 5.73 Å². The Labute approximate surface area is 194 Å². The molecule has 33 heavy (non-hydrogen) atoms. The van der Waals surface area contributed by atoms with Crippen molar-refractivity contribution in [2.75, 3.05) is 19.6 Å². The van der Waals surface area contributed by atoms with Crippen LogP contribution in [0.4, 0.5) is 0 Å². The molecule has 0 bridgehead atoms. The Morgan fingerprint density at radius 1 is 1.06 bits per heavy atom. The maximum absolute atomic E-state index is 13.1. The van der Waals surface area contributed by atoms with Crippen LogP contribution in [0, 0.1) is 5.92 Å². The van der Waals surface area contributed by atoms with Gasteiger partial charge in [0.05, 0.1) is 13.0 Å². The van der Waals surface area contributed by atoms with Crippen molar-refractivity contribution in [1.82, 2.24) is 20.5 Å². The minimum atomic E-state index is -0.585. The van der Waals surface area contributed by atoms with Gasteiger partial charge in [0, 0.05) is 36.2 Å². The van der Waals surface area contributed by atoms with Crippen LogP contribution < -0.4 is 16.4 Å². The summed E-state index contributed by atoms with van der Waals surface area (Å²) < 4.78 is 0. The van der Waals surface area contributed by atoms with E-state index in [0.717, 1.165) is 55.0 Å². The van der Waals surface area contributed by atoms with Gasteiger partial charge in [-0.05, 0) is 62.5 Å². The van der Waals surface area contributed by atoms with Gasteiger partial charge in [-0.3, -0.25) is 14.4 Å². The summed E-state index contributed by atoms with van der Waals surface area (Å²) in [4.78, 5) is 43.1. The summed E-state index contributed by atoms with van der Waals surface area (Å²) in [5, 5.41) is 6.92. The van der Waals surface area contributed by atoms with E-state index in [9.17, 15) is 14.4 Å². The molecule has 1 unspecified atom stereocenters. The first-order valence-electron chi connectivity index (χ1n) is 12.1. The monoisotopic (exact) mass is 453 g/mol. The fourth-order valence-corrected chi connectivity index (χ4v) is 4.97. The van der Waals surface area contributed by atoms with Crippen molar-refractivity contribution in [2.45, 2.75) is 63.5 Å². The van der Waals surface area contributed by atoms with Gasteiger partial charge in [0.15, 0.2) is 0 Å². The normalized spacial score (nSPS) is 23.8. The Morgan fingerprint density at radius 3 is 2.67 bits per heavy atom. The van der Waals surface area contributed by atoms with Crippen molar-refractivity contribution in [1.29, 1.82) is 0 Å². The number of likely N-dealkylation sites (tertiary alicyclic amines) is 1. The minimum absolute atomic E-state index is 0.0416. The molecule has 4 rings (SSSR count). The predicted octanol–water partition coefficient (Wildman–Crippen LogP) is 1.84. The van der Waals surface area contributed by atoms with Crippen LogP contribution in [-0.2, 0) is 20.8 Å². The van der Waals surface area contributed by atoms with E-state index in [-0.39, 0.29) is 36.7 Å². The summed E-state index contributed by atoms with van der Waals surface area (Å²) in [5.74, 6) is -0.0207. The molecule has 2 fully saturated rings. The zero-order valence-electron chi connectivity index (χ0n) is 19.1. The van der Waals surface area contributed by atoms with E-state index >= 15 is 0 Å². The van der Waals surface area contributed by atoms with Crippen molar-refractivity contribution in [3.63, 3.8) is 0 Å². The highest BCUT2D eigenvalue weighted by atomic mass is 16.2. The maximum Gasteiger partial charge on any atom is 0.245 e. The molecule has 0 radical (unpaired) electrons. The molecule has 1 saturated heterocycles. The molecule has 2 aromatic rings. The standard InChI is InChI=1S/C25H35N5O3/c26-19-10-8-17(9-11-19)14-28-24(32)16-30-12-4-3-7-22(25(30)33)29-23(31)13-18-15-27-21-6-2-1-5-20(18)21/h1-2,5-6,15,17,19,22,27H,3-4,7-14,16,26H2,(H,28,32)(H,29,31). The lowest BCUT2D eigenvalue weighted by molar-refractivity contribution is -0.138. The Kier molecular flexibility index (Phi) is 7.65. The van der Waals surface area contributed by atoms with Gasteiger partial charge in [-0.15, -0.1) is 0 Å². The first-order chi connectivity index (χ1) is 16.0. The van der Waals surface area contributed by atoms with E-state index in [1.807, 2.05) is 30.5 Å². The van der Waals surface area contributed by atoms with E-state index < -0.39 is 6.04 Å². The molecule has 1 aliphatic heterocycles. The van der Waals surface area contributed by atoms with Gasteiger partial charge in [-0.2, -0.15) is 0 Å². The predicted molar refractivity (Wildman–Crippen MR) is 127 cm³/mol. The van der Waals surface area contributed by atoms with E-state index in [0.29, 0.717) is 25.4 Å². The van der Waals surface area contributed by atoms with Gasteiger partial charge in [-0.1, -0.05) is 18.2 Å². The molecule has 0 spiro atoms. The second kappa shape index (κ2) is 10.8. The first-order valence-corrected chi connectivity index (χ1v) is 12.1. The number of nitrogens with two attached hydrogens (primary N) is 1. The van der Waals surface area contributed by atoms with Crippen molar-refractivity contribution in [3.05, 3.63) is 36.0 Å². The Hall–Kier alpha value is -2.87. The molecule has 178 valence electrons. The molecule has 8 nitrogen and oxygen atoms in total. The average Bonchev–Trinajstić information content (AvgIpc) is 3.14. The fraction of sp³-hybridized carbons (Fsp3) is 0.560. The molecule has 3 amide bonds. The number of nitrogens with zero attached hydrogens (tertiary/aromatic N) is 1. The topological polar surface area (TPSA) is 120 Å². The van der Waals surface area contributed by atoms with Crippen LogP contribution >= 0.6 is 0 Å². The number of nitrogens with one attached hydrogen (secondary N) is 3. The zero-order chi connectivity index (χ0) is 23.2. The number of aromatic nitrogens is 1. The summed E-state index contributed by atoms with van der Waals surface area (Å²) in [6, 6.07) is 7.54. The number of hydrogen-bond acceptors (Lipinski definition) is 4. The van der Waals surface area contributed by atoms with Crippen molar-refractivity contribution >= 4 is 28.6 Å². The van der Waals surface area contributed by atoms with Crippen molar-refractivity contribution in [3.8, 4) is 0 Å². The zero-order valence-corrected chi connectivity index (χ0v) is 19.1. The molecule has 1 atom stereocenters. The number of hydrogen-bond donors (Lipinski definition) is 4. The van der Waals surface area contributed by atoms with Crippen LogP contribution in [0.5, 0.6) is 0 Å². The second-order valence-electron chi connectivity index (χ2n) is 9.50. The largest absolute Gasteiger partial charge is 0.361 e. The van der Waals surface area contributed by atoms with Crippen LogP contribution in [0.25, 0.3) is 10.9 Å². The van der Waals surface area contributed by atoms with Gasteiger partial charge < -0.3 is 26.3 Å². The molecule has 5 N–H and O–H groups in total. The van der Waals surface area contributed by atoms with Crippen LogP contribution in [0.2, 0.25) is 0 Å². The number of fused-ring (bicyclic) bond motifs is 1. The van der Waals surface area contributed by atoms with E-state index in [1.54, 1.807) is 4.90 Å². The quantitative estimate of drug-likeness (QED) is 0.511. The average molecular weight is 454 g/mol. The van der Waals surface area contributed by atoms with Gasteiger partial charge >= 0.3 is 0 Å². The van der Waals surface area contributed by atoms with Crippen LogP contribution in [-0.4, -0.2) is 59.3 Å². The number of H-pyrrole nitrogens is 1. The highest BCUT2D eigenvalue weighted by molar-refractivity contribution is 5.93. The SMILES string of the molecule is NC1CCC(CNC(=O)CN2CCCCC(NC(=O)Cc3c[nH]c4ccccc34)C2=O)CC1. The Bertz CT molecular complexity index is 979. The number of rotatable bonds is 7. The van der Waals surface area contributed by atoms with Gasteiger partial charge in [0.1, 0.15) is 6.04 Å². The Balaban J connectivity index is 1.28. The number of carbonyl (C=O) groups is 3. The number of amides is 3. The van der Waals surface area contributed by atoms with Crippen molar-refractivity contribution < 1.29 is 14.4 Å². The molecular weight excluding hydrogens is 418 g/mol. The minimum Gasteiger partial charge on any atom is -0.361 e. The maximum atomic E-state index is 13.1. The molecule has 1 aromatic carbocycles. The number of para-hydroxylation sites is 1. The summed E-state index contributed by atoms with van der Waals surface area (Å²) in [6.45, 7) is 1.22. The molecule has 1 aromatic heterocycles. The van der Waals surface area contributed by atoms with Crippen LogP contribution in [0.15, 0.2) is 30.5 Å². The molecule has 2 aliphatic rings. The highest BCUT2D eigenvalue weighted by Gasteiger charge is 2.29. The summed E-state index contributed by atoms with van der Waals surface area (Å²) >= 11 is 0. The van der Waals surface area contributed by atoms with E-state index in [2.05, 4.69) is 15.6 Å². The molecular formula is C25H35N5O3. The van der Waals surface area contributed by atoms with Crippen molar-refractivity contribution in [2.24, 2.45) is 11.7 Å². The third-order valence-corrected chi connectivity index (χ3v) is 6.96. The lowest BCUT2D eigenvalue weighted by atomic mass is 9.86. The lowest BCUT2D eigenvalue weighted by Gasteiger charge is -2.27. The smallest absolute Gasteiger partial charge is 0.245 e. The molecule has 1 saturated carbocycles. The summed E-state index contributed by atoms with van der Waals surface area (Å²) in [5.41, 5.74) is 7.84. The fourth-order valence-electron chi connectivity index (χ4n) is 4.97. The number of carbonyl (C=O) groups excluding carboxylic acids is 3. The summed E-state index contributed by atoms with van der Waals surface area (Å²) in [7, 11) is 0. The third kappa shape index (κ3) is 6.13. The second-order valence-corrected chi connectivity index (χ2v) is 9.50. The number of benzene rings is 1. The Morgan fingerprint density at radius 2 is 1.85 bits per heavy atom. The van der Waals surface area contributed by atoms with Gasteiger partial charge in [0.25, 0.3) is 0 Å². The van der Waals surface area contributed by atoms with Gasteiger partial charge in [0.2, 0.25) is 17.7 Å². The number of aromatic amines is 1. The molecule has 1 aliphatic carbocycles. The third-order valence-electron chi connectivity index (χ3n) is 6.96. The van der Waals surface area contributed by atoms with Crippen LogP contribution in [0.1, 0.15) is 50.5 Å². The lowest BCUT2D eigenvalue weighted by Crippen LogP contribution is -2.50. The molecule has 2 heterocycles.